The molecule has 0 bridgehead atoms. The fourth-order valence-electron chi connectivity index (χ4n) is 2.14. The zero-order valence-corrected chi connectivity index (χ0v) is 11.4. The number of rotatable bonds is 4. The first-order valence-corrected chi connectivity index (χ1v) is 6.28. The second kappa shape index (κ2) is 6.01. The highest BCUT2D eigenvalue weighted by atomic mass is 19.2. The van der Waals surface area contributed by atoms with E-state index in [-0.39, 0.29) is 12.0 Å². The summed E-state index contributed by atoms with van der Waals surface area (Å²) in [6.07, 6.45) is -0.968. The van der Waals surface area contributed by atoms with E-state index >= 15 is 0 Å². The zero-order chi connectivity index (χ0) is 14.7. The molecule has 0 saturated carbocycles. The summed E-state index contributed by atoms with van der Waals surface area (Å²) < 4.78 is 32.0. The SMILES string of the molecule is COc1ccc(C)cc1C(O)Cc1cccc(F)c1F. The molecular formula is C16H16F2O2. The second-order valence-electron chi connectivity index (χ2n) is 4.68. The molecule has 2 rings (SSSR count). The van der Waals surface area contributed by atoms with Gasteiger partial charge in [-0.3, -0.25) is 0 Å². The van der Waals surface area contributed by atoms with E-state index in [4.69, 9.17) is 4.74 Å². The smallest absolute Gasteiger partial charge is 0.162 e. The minimum Gasteiger partial charge on any atom is -0.496 e. The van der Waals surface area contributed by atoms with Gasteiger partial charge < -0.3 is 9.84 Å². The van der Waals surface area contributed by atoms with Gasteiger partial charge in [-0.15, -0.1) is 0 Å². The molecule has 1 unspecified atom stereocenters. The Hall–Kier alpha value is -1.94. The van der Waals surface area contributed by atoms with Crippen LogP contribution in [-0.4, -0.2) is 12.2 Å². The first-order valence-electron chi connectivity index (χ1n) is 6.28. The monoisotopic (exact) mass is 278 g/mol. The van der Waals surface area contributed by atoms with Crippen molar-refractivity contribution in [3.8, 4) is 5.75 Å². The summed E-state index contributed by atoms with van der Waals surface area (Å²) in [5.41, 5.74) is 1.66. The lowest BCUT2D eigenvalue weighted by Crippen LogP contribution is -2.06. The van der Waals surface area contributed by atoms with Crippen molar-refractivity contribution in [2.45, 2.75) is 19.4 Å². The van der Waals surface area contributed by atoms with Crippen LogP contribution in [0.15, 0.2) is 36.4 Å². The summed E-state index contributed by atoms with van der Waals surface area (Å²) in [4.78, 5) is 0. The van der Waals surface area contributed by atoms with Gasteiger partial charge in [0.1, 0.15) is 5.75 Å². The highest BCUT2D eigenvalue weighted by Gasteiger charge is 2.17. The van der Waals surface area contributed by atoms with Crippen molar-refractivity contribution in [2.24, 2.45) is 0 Å². The molecule has 1 atom stereocenters. The Bertz CT molecular complexity index is 611. The molecule has 0 saturated heterocycles. The Labute approximate surface area is 116 Å². The molecule has 0 heterocycles. The minimum atomic E-state index is -0.957. The lowest BCUT2D eigenvalue weighted by atomic mass is 9.98. The molecule has 0 aliphatic heterocycles. The van der Waals surface area contributed by atoms with Gasteiger partial charge in [-0.05, 0) is 30.7 Å². The number of hydrogen-bond donors (Lipinski definition) is 1. The summed E-state index contributed by atoms with van der Waals surface area (Å²) in [7, 11) is 1.50. The summed E-state index contributed by atoms with van der Waals surface area (Å²) in [5.74, 6) is -1.30. The van der Waals surface area contributed by atoms with E-state index in [9.17, 15) is 13.9 Å². The molecule has 0 spiro atoms. The molecule has 0 aliphatic rings. The van der Waals surface area contributed by atoms with E-state index in [1.165, 1.54) is 19.2 Å². The van der Waals surface area contributed by atoms with Gasteiger partial charge in [0.25, 0.3) is 0 Å². The van der Waals surface area contributed by atoms with Crippen LogP contribution in [0.2, 0.25) is 0 Å². The van der Waals surface area contributed by atoms with Gasteiger partial charge in [-0.2, -0.15) is 0 Å². The van der Waals surface area contributed by atoms with Gasteiger partial charge in [0.15, 0.2) is 11.6 Å². The van der Waals surface area contributed by atoms with Crippen LogP contribution in [0.5, 0.6) is 5.75 Å². The number of hydrogen-bond acceptors (Lipinski definition) is 2. The maximum absolute atomic E-state index is 13.6. The third kappa shape index (κ3) is 2.96. The maximum atomic E-state index is 13.6. The molecule has 2 nitrogen and oxygen atoms in total. The van der Waals surface area contributed by atoms with Gasteiger partial charge in [0.05, 0.1) is 13.2 Å². The highest BCUT2D eigenvalue weighted by Crippen LogP contribution is 2.29. The predicted molar refractivity (Wildman–Crippen MR) is 72.8 cm³/mol. The third-order valence-corrected chi connectivity index (χ3v) is 3.19. The molecule has 0 radical (unpaired) electrons. The molecule has 4 heteroatoms. The topological polar surface area (TPSA) is 29.5 Å². The highest BCUT2D eigenvalue weighted by molar-refractivity contribution is 5.39. The van der Waals surface area contributed by atoms with Gasteiger partial charge in [-0.25, -0.2) is 8.78 Å². The van der Waals surface area contributed by atoms with Crippen molar-refractivity contribution in [1.82, 2.24) is 0 Å². The Kier molecular flexibility index (Phi) is 4.35. The van der Waals surface area contributed by atoms with Gasteiger partial charge >= 0.3 is 0 Å². The van der Waals surface area contributed by atoms with Crippen LogP contribution in [0, 0.1) is 18.6 Å². The number of halogens is 2. The molecule has 2 aromatic carbocycles. The predicted octanol–water partition coefficient (Wildman–Crippen LogP) is 3.56. The van der Waals surface area contributed by atoms with E-state index in [0.29, 0.717) is 11.3 Å². The number of aliphatic hydroxyl groups excluding tert-OH is 1. The van der Waals surface area contributed by atoms with Gasteiger partial charge in [-0.1, -0.05) is 23.8 Å². The Morgan fingerprint density at radius 3 is 2.65 bits per heavy atom. The number of benzene rings is 2. The van der Waals surface area contributed by atoms with Crippen molar-refractivity contribution >= 4 is 0 Å². The molecule has 20 heavy (non-hydrogen) atoms. The van der Waals surface area contributed by atoms with Crippen LogP contribution in [-0.2, 0) is 6.42 Å². The van der Waals surface area contributed by atoms with E-state index < -0.39 is 17.7 Å². The summed E-state index contributed by atoms with van der Waals surface area (Å²) in [6.45, 7) is 1.89. The molecule has 0 aliphatic carbocycles. The number of aliphatic hydroxyl groups is 1. The standard InChI is InChI=1S/C16H16F2O2/c1-10-6-7-15(20-2)12(8-10)14(19)9-11-4-3-5-13(17)16(11)18/h3-8,14,19H,9H2,1-2H3. The van der Waals surface area contributed by atoms with Crippen LogP contribution in [0.3, 0.4) is 0 Å². The first-order chi connectivity index (χ1) is 9.52. The Morgan fingerprint density at radius 2 is 1.95 bits per heavy atom. The van der Waals surface area contributed by atoms with E-state index in [1.54, 1.807) is 12.1 Å². The quantitative estimate of drug-likeness (QED) is 0.926. The number of methoxy groups -OCH3 is 1. The first kappa shape index (κ1) is 14.5. The lowest BCUT2D eigenvalue weighted by molar-refractivity contribution is 0.172. The van der Waals surface area contributed by atoms with Crippen LogP contribution in [0.1, 0.15) is 22.8 Å². The average Bonchev–Trinajstić information content (AvgIpc) is 2.43. The minimum absolute atomic E-state index is 0.0105. The van der Waals surface area contributed by atoms with Crippen molar-refractivity contribution in [3.05, 3.63) is 64.7 Å². The van der Waals surface area contributed by atoms with Crippen molar-refractivity contribution in [3.63, 3.8) is 0 Å². The molecule has 2 aromatic rings. The van der Waals surface area contributed by atoms with Crippen molar-refractivity contribution in [2.75, 3.05) is 7.11 Å². The van der Waals surface area contributed by atoms with Crippen LogP contribution < -0.4 is 4.74 Å². The third-order valence-electron chi connectivity index (χ3n) is 3.19. The van der Waals surface area contributed by atoms with Crippen molar-refractivity contribution in [1.29, 1.82) is 0 Å². The fraction of sp³-hybridized carbons (Fsp3) is 0.250. The largest absolute Gasteiger partial charge is 0.496 e. The van der Waals surface area contributed by atoms with Gasteiger partial charge in [0.2, 0.25) is 0 Å². The Morgan fingerprint density at radius 1 is 1.20 bits per heavy atom. The molecule has 0 amide bonds. The van der Waals surface area contributed by atoms with Gasteiger partial charge in [0, 0.05) is 12.0 Å². The summed E-state index contributed by atoms with van der Waals surface area (Å²) in [6, 6.07) is 9.32. The zero-order valence-electron chi connectivity index (χ0n) is 11.4. The normalized spacial score (nSPS) is 12.2. The molecular weight excluding hydrogens is 262 g/mol. The van der Waals surface area contributed by atoms with E-state index in [0.717, 1.165) is 11.6 Å². The summed E-state index contributed by atoms with van der Waals surface area (Å²) in [5, 5.41) is 10.3. The lowest BCUT2D eigenvalue weighted by Gasteiger charge is -2.16. The molecule has 0 aromatic heterocycles. The number of aryl methyl sites for hydroxylation is 1. The summed E-state index contributed by atoms with van der Waals surface area (Å²) >= 11 is 0. The molecule has 0 fully saturated rings. The van der Waals surface area contributed by atoms with E-state index in [1.807, 2.05) is 13.0 Å². The maximum Gasteiger partial charge on any atom is 0.162 e. The van der Waals surface area contributed by atoms with Crippen molar-refractivity contribution < 1.29 is 18.6 Å². The van der Waals surface area contributed by atoms with E-state index in [2.05, 4.69) is 0 Å². The molecule has 106 valence electrons. The Balaban J connectivity index is 2.30. The molecule has 1 N–H and O–H groups in total. The van der Waals surface area contributed by atoms with Crippen LogP contribution in [0.4, 0.5) is 8.78 Å². The van der Waals surface area contributed by atoms with Crippen LogP contribution in [0.25, 0.3) is 0 Å². The fourth-order valence-corrected chi connectivity index (χ4v) is 2.14. The van der Waals surface area contributed by atoms with Crippen LogP contribution >= 0.6 is 0 Å². The second-order valence-corrected chi connectivity index (χ2v) is 4.68. The average molecular weight is 278 g/mol. The number of ether oxygens (including phenoxy) is 1.